The molecular formula is C12H18BrNO4S. The molecule has 0 spiro atoms. The summed E-state index contributed by atoms with van der Waals surface area (Å²) in [6.45, 7) is 5.13. The van der Waals surface area contributed by atoms with Crippen molar-refractivity contribution >= 4 is 26.0 Å². The maximum absolute atomic E-state index is 12.2. The number of halogens is 1. The van der Waals surface area contributed by atoms with E-state index in [2.05, 4.69) is 20.7 Å². The molecule has 0 radical (unpaired) electrons. The highest BCUT2D eigenvalue weighted by atomic mass is 79.9. The Morgan fingerprint density at radius 3 is 2.58 bits per heavy atom. The van der Waals surface area contributed by atoms with Gasteiger partial charge in [0.2, 0.25) is 10.0 Å². The van der Waals surface area contributed by atoms with E-state index >= 15 is 0 Å². The third-order valence-electron chi connectivity index (χ3n) is 2.19. The zero-order valence-electron chi connectivity index (χ0n) is 11.1. The molecule has 0 unspecified atom stereocenters. The normalized spacial score (nSPS) is 12.5. The van der Waals surface area contributed by atoms with Crippen molar-refractivity contribution in [1.82, 2.24) is 4.72 Å². The van der Waals surface area contributed by atoms with Gasteiger partial charge in [-0.05, 0) is 39.0 Å². The van der Waals surface area contributed by atoms with Gasteiger partial charge in [-0.25, -0.2) is 13.1 Å². The fourth-order valence-electron chi connectivity index (χ4n) is 1.32. The van der Waals surface area contributed by atoms with Crippen molar-refractivity contribution in [2.45, 2.75) is 31.3 Å². The highest BCUT2D eigenvalue weighted by Gasteiger charge is 2.23. The smallest absolute Gasteiger partial charge is 0.244 e. The van der Waals surface area contributed by atoms with Crippen LogP contribution < -0.4 is 9.46 Å². The average Bonchev–Trinajstić information content (AvgIpc) is 2.28. The summed E-state index contributed by atoms with van der Waals surface area (Å²) in [7, 11) is -3.73. The van der Waals surface area contributed by atoms with Gasteiger partial charge in [-0.15, -0.1) is 0 Å². The summed E-state index contributed by atoms with van der Waals surface area (Å²) < 4.78 is 32.7. The van der Waals surface area contributed by atoms with Crippen LogP contribution in [0.2, 0.25) is 0 Å². The minimum Gasteiger partial charge on any atom is -0.492 e. The molecule has 1 rings (SSSR count). The molecule has 1 aromatic carbocycles. The van der Waals surface area contributed by atoms with Crippen LogP contribution in [-0.2, 0) is 10.0 Å². The lowest BCUT2D eigenvalue weighted by Gasteiger charge is -2.18. The van der Waals surface area contributed by atoms with Crippen LogP contribution in [0, 0.1) is 0 Å². The molecule has 19 heavy (non-hydrogen) atoms. The van der Waals surface area contributed by atoms with E-state index in [1.54, 1.807) is 19.1 Å². The third kappa shape index (κ3) is 5.10. The molecule has 0 saturated heterocycles. The number of aliphatic hydroxyl groups is 1. The first-order chi connectivity index (χ1) is 8.65. The molecule has 1 aromatic rings. The van der Waals surface area contributed by atoms with E-state index in [9.17, 15) is 13.5 Å². The summed E-state index contributed by atoms with van der Waals surface area (Å²) in [5.41, 5.74) is -1.12. The fraction of sp³-hybridized carbons (Fsp3) is 0.500. The molecule has 7 heteroatoms. The molecule has 0 fully saturated rings. The van der Waals surface area contributed by atoms with Crippen molar-refractivity contribution in [3.05, 3.63) is 22.7 Å². The Balaban J connectivity index is 3.09. The molecule has 0 amide bonds. The first-order valence-electron chi connectivity index (χ1n) is 5.80. The van der Waals surface area contributed by atoms with Crippen LogP contribution >= 0.6 is 15.9 Å². The molecule has 0 atom stereocenters. The predicted molar refractivity (Wildman–Crippen MR) is 76.8 cm³/mol. The van der Waals surface area contributed by atoms with Crippen molar-refractivity contribution in [3.63, 3.8) is 0 Å². The van der Waals surface area contributed by atoms with Crippen molar-refractivity contribution in [3.8, 4) is 5.75 Å². The number of rotatable bonds is 6. The summed E-state index contributed by atoms with van der Waals surface area (Å²) >= 11 is 3.23. The number of benzene rings is 1. The second-order valence-electron chi connectivity index (χ2n) is 4.66. The maximum atomic E-state index is 12.2. The van der Waals surface area contributed by atoms with Gasteiger partial charge in [-0.3, -0.25) is 0 Å². The standard InChI is InChI=1S/C12H18BrNO4S/c1-4-18-10-6-5-9(13)7-11(10)19(16,17)14-8-12(2,3)15/h5-7,14-15H,4,8H2,1-3H3. The van der Waals surface area contributed by atoms with Gasteiger partial charge in [0.25, 0.3) is 0 Å². The summed E-state index contributed by atoms with van der Waals surface area (Å²) in [4.78, 5) is 0.0491. The molecule has 108 valence electrons. The Hall–Kier alpha value is -0.630. The van der Waals surface area contributed by atoms with Crippen molar-refractivity contribution in [2.75, 3.05) is 13.2 Å². The second kappa shape index (κ2) is 6.21. The SMILES string of the molecule is CCOc1ccc(Br)cc1S(=O)(=O)NCC(C)(C)O. The van der Waals surface area contributed by atoms with Crippen LogP contribution in [0.25, 0.3) is 0 Å². The van der Waals surface area contributed by atoms with Crippen LogP contribution in [0.5, 0.6) is 5.75 Å². The Morgan fingerprint density at radius 1 is 1.42 bits per heavy atom. The molecule has 0 aliphatic carbocycles. The van der Waals surface area contributed by atoms with Gasteiger partial charge in [0.05, 0.1) is 12.2 Å². The first kappa shape index (κ1) is 16.4. The number of hydrogen-bond donors (Lipinski definition) is 2. The van der Waals surface area contributed by atoms with E-state index in [0.717, 1.165) is 0 Å². The van der Waals surface area contributed by atoms with E-state index in [1.807, 2.05) is 0 Å². The number of nitrogens with one attached hydrogen (secondary N) is 1. The first-order valence-corrected chi connectivity index (χ1v) is 8.08. The summed E-state index contributed by atoms with van der Waals surface area (Å²) in [6.07, 6.45) is 0. The quantitative estimate of drug-likeness (QED) is 0.820. The van der Waals surface area contributed by atoms with Gasteiger partial charge in [0, 0.05) is 11.0 Å². The third-order valence-corrected chi connectivity index (χ3v) is 4.11. The molecule has 0 aliphatic rings. The van der Waals surface area contributed by atoms with E-state index in [4.69, 9.17) is 4.74 Å². The Labute approximate surface area is 122 Å². The predicted octanol–water partition coefficient (Wildman–Crippen LogP) is 1.90. The highest BCUT2D eigenvalue weighted by molar-refractivity contribution is 9.10. The van der Waals surface area contributed by atoms with Gasteiger partial charge in [0.1, 0.15) is 10.6 Å². The van der Waals surface area contributed by atoms with Crippen molar-refractivity contribution < 1.29 is 18.3 Å². The van der Waals surface area contributed by atoms with Crippen LogP contribution in [-0.4, -0.2) is 32.3 Å². The average molecular weight is 352 g/mol. The summed E-state index contributed by atoms with van der Waals surface area (Å²) in [5, 5.41) is 9.59. The lowest BCUT2D eigenvalue weighted by atomic mass is 10.1. The lowest BCUT2D eigenvalue weighted by molar-refractivity contribution is 0.0857. The van der Waals surface area contributed by atoms with E-state index in [0.29, 0.717) is 11.1 Å². The molecule has 2 N–H and O–H groups in total. The van der Waals surface area contributed by atoms with Crippen LogP contribution in [0.4, 0.5) is 0 Å². The van der Waals surface area contributed by atoms with E-state index in [-0.39, 0.29) is 17.2 Å². The highest BCUT2D eigenvalue weighted by Crippen LogP contribution is 2.27. The van der Waals surface area contributed by atoms with Gasteiger partial charge < -0.3 is 9.84 Å². The lowest BCUT2D eigenvalue weighted by Crippen LogP contribution is -2.38. The van der Waals surface area contributed by atoms with Gasteiger partial charge in [-0.2, -0.15) is 0 Å². The molecule has 0 aromatic heterocycles. The molecular weight excluding hydrogens is 334 g/mol. The monoisotopic (exact) mass is 351 g/mol. The van der Waals surface area contributed by atoms with Crippen LogP contribution in [0.3, 0.4) is 0 Å². The van der Waals surface area contributed by atoms with Crippen LogP contribution in [0.15, 0.2) is 27.6 Å². The van der Waals surface area contributed by atoms with Gasteiger partial charge >= 0.3 is 0 Å². The maximum Gasteiger partial charge on any atom is 0.244 e. The van der Waals surface area contributed by atoms with Gasteiger partial charge in [-0.1, -0.05) is 15.9 Å². The Bertz CT molecular complexity index is 537. The van der Waals surface area contributed by atoms with E-state index < -0.39 is 15.6 Å². The molecule has 5 nitrogen and oxygen atoms in total. The van der Waals surface area contributed by atoms with Crippen molar-refractivity contribution in [1.29, 1.82) is 0 Å². The Morgan fingerprint density at radius 2 is 2.05 bits per heavy atom. The number of sulfonamides is 1. The zero-order valence-corrected chi connectivity index (χ0v) is 13.5. The Kier molecular flexibility index (Phi) is 5.37. The fourth-order valence-corrected chi connectivity index (χ4v) is 3.20. The number of hydrogen-bond acceptors (Lipinski definition) is 4. The molecule has 0 aliphatic heterocycles. The largest absolute Gasteiger partial charge is 0.492 e. The van der Waals surface area contributed by atoms with Gasteiger partial charge in [0.15, 0.2) is 0 Å². The number of ether oxygens (including phenoxy) is 1. The van der Waals surface area contributed by atoms with E-state index in [1.165, 1.54) is 19.9 Å². The molecule has 0 bridgehead atoms. The minimum absolute atomic E-state index is 0.0491. The van der Waals surface area contributed by atoms with Crippen LogP contribution in [0.1, 0.15) is 20.8 Å². The molecule has 0 saturated carbocycles. The second-order valence-corrected chi connectivity index (χ2v) is 7.31. The topological polar surface area (TPSA) is 75.6 Å². The summed E-state index contributed by atoms with van der Waals surface area (Å²) in [6, 6.07) is 4.77. The minimum atomic E-state index is -3.73. The molecule has 0 heterocycles. The summed E-state index contributed by atoms with van der Waals surface area (Å²) in [5.74, 6) is 0.286. The van der Waals surface area contributed by atoms with Crippen molar-refractivity contribution in [2.24, 2.45) is 0 Å². The zero-order chi connectivity index (χ0) is 14.7.